The third kappa shape index (κ3) is 5.42. The number of benzene rings is 1. The molecule has 38 heavy (non-hydrogen) atoms. The van der Waals surface area contributed by atoms with Crippen molar-refractivity contribution in [2.24, 2.45) is 10.8 Å². The zero-order valence-electron chi connectivity index (χ0n) is 22.8. The maximum Gasteiger partial charge on any atom is 0.323 e. The largest absolute Gasteiger partial charge is 0.490 e. The van der Waals surface area contributed by atoms with E-state index in [4.69, 9.17) is 9.47 Å². The molecule has 1 aromatic carbocycles. The molecule has 3 aliphatic rings. The lowest BCUT2D eigenvalue weighted by Gasteiger charge is -2.48. The van der Waals surface area contributed by atoms with Crippen LogP contribution in [0.4, 0.5) is 0 Å². The topological polar surface area (TPSA) is 93.1 Å². The van der Waals surface area contributed by atoms with Crippen molar-refractivity contribution in [3.05, 3.63) is 56.5 Å². The number of hydrogen-bond donors (Lipinski definition) is 1. The summed E-state index contributed by atoms with van der Waals surface area (Å²) < 4.78 is 12.7. The highest BCUT2D eigenvalue weighted by atomic mass is 127. The van der Waals surface area contributed by atoms with Crippen LogP contribution in [0.3, 0.4) is 0 Å². The number of rotatable bonds is 8. The van der Waals surface area contributed by atoms with Gasteiger partial charge in [0.25, 0.3) is 0 Å². The molecule has 0 amide bonds. The molecule has 0 saturated heterocycles. The van der Waals surface area contributed by atoms with Gasteiger partial charge in [-0.15, -0.1) is 0 Å². The minimum Gasteiger partial charge on any atom is -0.490 e. The number of carbonyl (C=O) groups is 3. The number of Topliss-reactive ketones (excluding diaryl/α,β-unsaturated/α-hetero) is 2. The zero-order valence-corrected chi connectivity index (χ0v) is 24.9. The predicted molar refractivity (Wildman–Crippen MR) is 153 cm³/mol. The van der Waals surface area contributed by atoms with Gasteiger partial charge in [-0.2, -0.15) is 0 Å². The van der Waals surface area contributed by atoms with E-state index in [0.717, 1.165) is 20.5 Å². The summed E-state index contributed by atoms with van der Waals surface area (Å²) in [5.41, 5.74) is 2.66. The molecule has 8 heteroatoms. The summed E-state index contributed by atoms with van der Waals surface area (Å²) in [5.74, 6) is -0.526. The van der Waals surface area contributed by atoms with E-state index in [9.17, 15) is 19.5 Å². The van der Waals surface area contributed by atoms with Gasteiger partial charge in [0.05, 0.1) is 10.2 Å². The molecule has 0 aromatic heterocycles. The first kappa shape index (κ1) is 28.4. The lowest BCUT2D eigenvalue weighted by molar-refractivity contribution is -0.138. The van der Waals surface area contributed by atoms with Crippen LogP contribution < -0.4 is 9.47 Å². The summed E-state index contributed by atoms with van der Waals surface area (Å²) >= 11 is 2.19. The third-order valence-electron chi connectivity index (χ3n) is 7.33. The van der Waals surface area contributed by atoms with Crippen LogP contribution in [-0.4, -0.2) is 47.3 Å². The number of nitrogens with zero attached hydrogens (tertiary/aromatic N) is 1. The molecule has 2 aliphatic carbocycles. The zero-order chi connectivity index (χ0) is 28.0. The maximum absolute atomic E-state index is 13.8. The summed E-state index contributed by atoms with van der Waals surface area (Å²) in [4.78, 5) is 41.5. The fraction of sp³-hybridized carbons (Fsp3) is 0.500. The van der Waals surface area contributed by atoms with Crippen LogP contribution in [-0.2, 0) is 14.4 Å². The highest BCUT2D eigenvalue weighted by Gasteiger charge is 2.49. The Labute approximate surface area is 238 Å². The van der Waals surface area contributed by atoms with Crippen LogP contribution in [0.15, 0.2) is 47.3 Å². The standard InChI is InChI=1S/C30H36INO6/c1-7-9-38-28-18(31)10-17(11-23(28)37-8-2)25-26-19(12-29(3,4)14-21(26)33)32(16-24(35)36)20-13-30(5,6)15-22(34)27(20)25/h7,10-11,25H,1,8-9,12-16H2,2-6H3,(H,35,36). The lowest BCUT2D eigenvalue weighted by atomic mass is 9.63. The summed E-state index contributed by atoms with van der Waals surface area (Å²) in [7, 11) is 0. The van der Waals surface area contributed by atoms with Crippen LogP contribution >= 0.6 is 22.6 Å². The predicted octanol–water partition coefficient (Wildman–Crippen LogP) is 6.02. The molecule has 0 fully saturated rings. The molecule has 1 aromatic rings. The number of carbonyl (C=O) groups excluding carboxylic acids is 2. The monoisotopic (exact) mass is 633 g/mol. The number of carboxylic acid groups (broad SMARTS) is 1. The number of aliphatic carboxylic acids is 1. The first-order chi connectivity index (χ1) is 17.8. The summed E-state index contributed by atoms with van der Waals surface area (Å²) in [5, 5.41) is 9.86. The fourth-order valence-corrected chi connectivity index (χ4v) is 6.79. The van der Waals surface area contributed by atoms with Gasteiger partial charge in [-0.25, -0.2) is 0 Å². The second kappa shape index (κ2) is 10.5. The van der Waals surface area contributed by atoms with Crippen LogP contribution in [0, 0.1) is 14.4 Å². The number of allylic oxidation sites excluding steroid dienone is 4. The van der Waals surface area contributed by atoms with Crippen molar-refractivity contribution in [1.29, 1.82) is 0 Å². The van der Waals surface area contributed by atoms with E-state index in [1.807, 2.05) is 46.8 Å². The van der Waals surface area contributed by atoms with Gasteiger partial charge in [0.1, 0.15) is 13.2 Å². The molecule has 0 spiro atoms. The fourth-order valence-electron chi connectivity index (χ4n) is 6.01. The normalized spacial score (nSPS) is 20.7. The van der Waals surface area contributed by atoms with Crippen molar-refractivity contribution in [3.8, 4) is 11.5 Å². The molecule has 0 saturated carbocycles. The minimum atomic E-state index is -0.995. The summed E-state index contributed by atoms with van der Waals surface area (Å²) in [6.45, 7) is 14.2. The first-order valence-corrected chi connectivity index (χ1v) is 14.1. The average Bonchev–Trinajstić information content (AvgIpc) is 2.77. The van der Waals surface area contributed by atoms with Crippen LogP contribution in [0.5, 0.6) is 11.5 Å². The highest BCUT2D eigenvalue weighted by molar-refractivity contribution is 14.1. The van der Waals surface area contributed by atoms with Gasteiger partial charge in [-0.1, -0.05) is 40.3 Å². The molecule has 0 unspecified atom stereocenters. The van der Waals surface area contributed by atoms with Gasteiger partial charge in [-0.3, -0.25) is 14.4 Å². The minimum absolute atomic E-state index is 0.0409. The van der Waals surface area contributed by atoms with Crippen molar-refractivity contribution in [2.45, 2.75) is 66.2 Å². The first-order valence-electron chi connectivity index (χ1n) is 13.0. The van der Waals surface area contributed by atoms with Gasteiger partial charge in [-0.05, 0) is 70.9 Å². The van der Waals surface area contributed by atoms with Crippen molar-refractivity contribution >= 4 is 40.1 Å². The molecule has 7 nitrogen and oxygen atoms in total. The molecule has 0 radical (unpaired) electrons. The quantitative estimate of drug-likeness (QED) is 0.276. The van der Waals surface area contributed by atoms with Crippen LogP contribution in [0.1, 0.15) is 71.8 Å². The van der Waals surface area contributed by atoms with Gasteiger partial charge in [0.15, 0.2) is 23.1 Å². The molecule has 204 valence electrons. The Balaban J connectivity index is 2.01. The smallest absolute Gasteiger partial charge is 0.323 e. The lowest BCUT2D eigenvalue weighted by Crippen LogP contribution is -2.45. The van der Waals surface area contributed by atoms with Gasteiger partial charge < -0.3 is 19.5 Å². The van der Waals surface area contributed by atoms with E-state index in [1.165, 1.54) is 0 Å². The Morgan fingerprint density at radius 2 is 1.61 bits per heavy atom. The molecule has 1 heterocycles. The number of halogens is 1. The van der Waals surface area contributed by atoms with Gasteiger partial charge in [0.2, 0.25) is 0 Å². The van der Waals surface area contributed by atoms with E-state index in [2.05, 4.69) is 29.2 Å². The van der Waals surface area contributed by atoms with Crippen molar-refractivity contribution in [2.75, 3.05) is 19.8 Å². The van der Waals surface area contributed by atoms with E-state index in [0.29, 0.717) is 61.5 Å². The van der Waals surface area contributed by atoms with Crippen LogP contribution in [0.2, 0.25) is 0 Å². The van der Waals surface area contributed by atoms with Crippen molar-refractivity contribution in [3.63, 3.8) is 0 Å². The van der Waals surface area contributed by atoms with Crippen molar-refractivity contribution < 1.29 is 29.0 Å². The van der Waals surface area contributed by atoms with Crippen molar-refractivity contribution in [1.82, 2.24) is 4.90 Å². The summed E-state index contributed by atoms with van der Waals surface area (Å²) in [6, 6.07) is 3.82. The number of hydrogen-bond acceptors (Lipinski definition) is 6. The second-order valence-electron chi connectivity index (χ2n) is 11.9. The van der Waals surface area contributed by atoms with Gasteiger partial charge >= 0.3 is 5.97 Å². The van der Waals surface area contributed by atoms with E-state index in [1.54, 1.807) is 11.0 Å². The van der Waals surface area contributed by atoms with Crippen LogP contribution in [0.25, 0.3) is 0 Å². The SMILES string of the molecule is C=CCOc1c(I)cc(C2C3=C(CC(C)(C)CC3=O)N(CC(=O)O)C3=C2C(=O)CC(C)(C)C3)cc1OCC. The second-order valence-corrected chi connectivity index (χ2v) is 13.0. The molecule has 0 bridgehead atoms. The number of carboxylic acids is 1. The average molecular weight is 634 g/mol. The van der Waals surface area contributed by atoms with E-state index >= 15 is 0 Å². The molecule has 1 aliphatic heterocycles. The Morgan fingerprint density at radius 1 is 1.05 bits per heavy atom. The maximum atomic E-state index is 13.8. The Morgan fingerprint density at radius 3 is 2.08 bits per heavy atom. The van der Waals surface area contributed by atoms with Gasteiger partial charge in [0, 0.05) is 41.3 Å². The number of ketones is 2. The van der Waals surface area contributed by atoms with E-state index in [-0.39, 0.29) is 28.9 Å². The molecule has 1 N–H and O–H groups in total. The highest BCUT2D eigenvalue weighted by Crippen LogP contribution is 2.55. The van der Waals surface area contributed by atoms with E-state index < -0.39 is 11.9 Å². The number of ether oxygens (including phenoxy) is 2. The Hall–Kier alpha value is -2.62. The summed E-state index contributed by atoms with van der Waals surface area (Å²) in [6.07, 6.45) is 3.44. The molecule has 0 atom stereocenters. The third-order valence-corrected chi connectivity index (χ3v) is 8.13. The Kier molecular flexibility index (Phi) is 7.85. The Bertz CT molecular complexity index is 1220. The molecular formula is C30H36INO6. The molecular weight excluding hydrogens is 597 g/mol. The molecule has 4 rings (SSSR count).